The summed E-state index contributed by atoms with van der Waals surface area (Å²) in [5.41, 5.74) is 0. The quantitative estimate of drug-likeness (QED) is 0.296. The van der Waals surface area contributed by atoms with Gasteiger partial charge in [-0.3, -0.25) is 9.89 Å². The van der Waals surface area contributed by atoms with E-state index in [9.17, 15) is 8.42 Å². The van der Waals surface area contributed by atoms with Crippen molar-refractivity contribution in [2.24, 2.45) is 4.99 Å². The largest absolute Gasteiger partial charge is 0.379 e. The Bertz CT molecular complexity index is 628. The van der Waals surface area contributed by atoms with Gasteiger partial charge in [-0.05, 0) is 24.8 Å². The van der Waals surface area contributed by atoms with E-state index in [-0.39, 0.29) is 0 Å². The van der Waals surface area contributed by atoms with Gasteiger partial charge in [0.1, 0.15) is 4.21 Å². The lowest BCUT2D eigenvalue weighted by atomic mass is 10.3. The number of rotatable bonds is 10. The maximum Gasteiger partial charge on any atom is 0.250 e. The summed E-state index contributed by atoms with van der Waals surface area (Å²) < 4.78 is 32.3. The zero-order valence-corrected chi connectivity index (χ0v) is 16.9. The number of hydrogen-bond donors (Lipinski definition) is 3. The fourth-order valence-electron chi connectivity index (χ4n) is 2.51. The minimum atomic E-state index is -3.41. The van der Waals surface area contributed by atoms with Crippen LogP contribution in [0.15, 0.2) is 26.7 Å². The topological polar surface area (TPSA) is 95.1 Å². The summed E-state index contributed by atoms with van der Waals surface area (Å²) in [4.78, 5) is 6.93. The maximum atomic E-state index is 12.0. The number of morpholine rings is 1. The summed E-state index contributed by atoms with van der Waals surface area (Å²) in [6.07, 6.45) is 0.988. The van der Waals surface area contributed by atoms with Gasteiger partial charge in [-0.2, -0.15) is 0 Å². The van der Waals surface area contributed by atoms with Crippen molar-refractivity contribution in [3.8, 4) is 0 Å². The first kappa shape index (κ1) is 21.1. The zero-order chi connectivity index (χ0) is 18.7. The minimum absolute atomic E-state index is 0.304. The van der Waals surface area contributed by atoms with Gasteiger partial charge in [0, 0.05) is 45.8 Å². The number of nitrogens with zero attached hydrogens (tertiary/aromatic N) is 2. The first-order valence-corrected chi connectivity index (χ1v) is 11.3. The van der Waals surface area contributed by atoms with E-state index in [0.29, 0.717) is 23.3 Å². The molecule has 8 nitrogen and oxygen atoms in total. The molecule has 1 aromatic rings. The van der Waals surface area contributed by atoms with Crippen LogP contribution < -0.4 is 15.4 Å². The van der Waals surface area contributed by atoms with Gasteiger partial charge >= 0.3 is 0 Å². The molecular weight excluding hydrogens is 374 g/mol. The van der Waals surface area contributed by atoms with Crippen LogP contribution in [0.1, 0.15) is 13.3 Å². The highest BCUT2D eigenvalue weighted by Gasteiger charge is 2.13. The molecule has 1 aliphatic heterocycles. The summed E-state index contributed by atoms with van der Waals surface area (Å²) >= 11 is 1.21. The van der Waals surface area contributed by atoms with Crippen LogP contribution in [-0.4, -0.2) is 78.3 Å². The molecule has 0 amide bonds. The van der Waals surface area contributed by atoms with Crippen molar-refractivity contribution in [2.75, 3.05) is 59.0 Å². The fourth-order valence-corrected chi connectivity index (χ4v) is 4.57. The molecule has 0 aromatic carbocycles. The number of sulfonamides is 1. The van der Waals surface area contributed by atoms with Crippen LogP contribution in [-0.2, 0) is 14.8 Å². The second-order valence-electron chi connectivity index (χ2n) is 5.82. The standard InChI is InChI=1S/C16H29N5O3S2/c1-2-17-16(18-6-4-9-21-10-12-24-13-11-21)19-7-8-20-26(22,23)15-5-3-14-25-15/h3,5,14,20H,2,4,6-13H2,1H3,(H2,17,18,19). The van der Waals surface area contributed by atoms with Gasteiger partial charge in [-0.15, -0.1) is 11.3 Å². The fraction of sp³-hybridized carbons (Fsp3) is 0.688. The third-order valence-corrected chi connectivity index (χ3v) is 6.68. The van der Waals surface area contributed by atoms with Gasteiger partial charge in [0.25, 0.3) is 0 Å². The van der Waals surface area contributed by atoms with Crippen LogP contribution in [0.3, 0.4) is 0 Å². The van der Waals surface area contributed by atoms with Crippen LogP contribution in [0.2, 0.25) is 0 Å². The Hall–Kier alpha value is -1.20. The molecule has 26 heavy (non-hydrogen) atoms. The lowest BCUT2D eigenvalue weighted by Crippen LogP contribution is -2.41. The molecule has 0 radical (unpaired) electrons. The summed E-state index contributed by atoms with van der Waals surface area (Å²) in [6.45, 7) is 8.90. The molecule has 10 heteroatoms. The van der Waals surface area contributed by atoms with Crippen molar-refractivity contribution in [1.82, 2.24) is 20.3 Å². The van der Waals surface area contributed by atoms with Gasteiger partial charge in [0.05, 0.1) is 13.2 Å². The first-order valence-electron chi connectivity index (χ1n) is 8.97. The van der Waals surface area contributed by atoms with Crippen molar-refractivity contribution in [3.05, 3.63) is 17.5 Å². The van der Waals surface area contributed by atoms with Crippen molar-refractivity contribution in [3.63, 3.8) is 0 Å². The monoisotopic (exact) mass is 403 g/mol. The van der Waals surface area contributed by atoms with Crippen molar-refractivity contribution in [2.45, 2.75) is 17.6 Å². The van der Waals surface area contributed by atoms with Crippen molar-refractivity contribution >= 4 is 27.3 Å². The average Bonchev–Trinajstić information content (AvgIpc) is 3.19. The third-order valence-electron chi connectivity index (χ3n) is 3.82. The van der Waals surface area contributed by atoms with Crippen LogP contribution in [0.4, 0.5) is 0 Å². The molecule has 1 aliphatic rings. The Morgan fingerprint density at radius 1 is 1.31 bits per heavy atom. The highest BCUT2D eigenvalue weighted by Crippen LogP contribution is 2.14. The molecule has 1 fully saturated rings. The number of guanidine groups is 1. The van der Waals surface area contributed by atoms with Crippen LogP contribution in [0.5, 0.6) is 0 Å². The number of thiophene rings is 1. The molecule has 0 atom stereocenters. The van der Waals surface area contributed by atoms with E-state index in [4.69, 9.17) is 4.74 Å². The van der Waals surface area contributed by atoms with Crippen molar-refractivity contribution in [1.29, 1.82) is 0 Å². The molecule has 0 aliphatic carbocycles. The van der Waals surface area contributed by atoms with E-state index >= 15 is 0 Å². The third kappa shape index (κ3) is 7.58. The summed E-state index contributed by atoms with van der Waals surface area (Å²) in [6, 6.07) is 3.32. The Balaban J connectivity index is 1.66. The molecule has 0 bridgehead atoms. The minimum Gasteiger partial charge on any atom is -0.379 e. The molecule has 0 spiro atoms. The van der Waals surface area contributed by atoms with Gasteiger partial charge in [0.15, 0.2) is 5.96 Å². The van der Waals surface area contributed by atoms with Crippen molar-refractivity contribution < 1.29 is 13.2 Å². The number of aliphatic imine (C=N–C) groups is 1. The Morgan fingerprint density at radius 3 is 2.81 bits per heavy atom. The van der Waals surface area contributed by atoms with E-state index in [1.54, 1.807) is 17.5 Å². The molecule has 2 heterocycles. The number of hydrogen-bond acceptors (Lipinski definition) is 6. The Labute approximate surface area is 160 Å². The summed E-state index contributed by atoms with van der Waals surface area (Å²) in [7, 11) is -3.41. The van der Waals surface area contributed by atoms with Crippen LogP contribution in [0.25, 0.3) is 0 Å². The van der Waals surface area contributed by atoms with Gasteiger partial charge in [-0.1, -0.05) is 6.07 Å². The van der Waals surface area contributed by atoms with Crippen LogP contribution >= 0.6 is 11.3 Å². The molecular formula is C16H29N5O3S2. The normalized spacial score (nSPS) is 16.6. The summed E-state index contributed by atoms with van der Waals surface area (Å²) in [5.74, 6) is 0.713. The van der Waals surface area contributed by atoms with E-state index < -0.39 is 10.0 Å². The highest BCUT2D eigenvalue weighted by atomic mass is 32.2. The summed E-state index contributed by atoms with van der Waals surface area (Å²) in [5, 5.41) is 8.08. The molecule has 0 saturated carbocycles. The number of nitrogens with one attached hydrogen (secondary N) is 3. The van der Waals surface area contributed by atoms with E-state index in [2.05, 4.69) is 25.2 Å². The molecule has 1 aromatic heterocycles. The van der Waals surface area contributed by atoms with E-state index in [1.165, 1.54) is 11.3 Å². The zero-order valence-electron chi connectivity index (χ0n) is 15.2. The molecule has 3 N–H and O–H groups in total. The Kier molecular flexibility index (Phi) is 9.33. The van der Waals surface area contributed by atoms with E-state index in [0.717, 1.165) is 52.4 Å². The van der Waals surface area contributed by atoms with Gasteiger partial charge < -0.3 is 15.4 Å². The van der Waals surface area contributed by atoms with Gasteiger partial charge in [0.2, 0.25) is 10.0 Å². The molecule has 148 valence electrons. The number of ether oxygens (including phenoxy) is 1. The van der Waals surface area contributed by atoms with E-state index in [1.807, 2.05) is 6.92 Å². The molecule has 2 rings (SSSR count). The van der Waals surface area contributed by atoms with Crippen LogP contribution in [0, 0.1) is 0 Å². The smallest absolute Gasteiger partial charge is 0.250 e. The molecule has 1 saturated heterocycles. The average molecular weight is 404 g/mol. The van der Waals surface area contributed by atoms with Gasteiger partial charge in [-0.25, -0.2) is 13.1 Å². The second kappa shape index (κ2) is 11.5. The highest BCUT2D eigenvalue weighted by molar-refractivity contribution is 7.91. The molecule has 0 unspecified atom stereocenters. The lowest BCUT2D eigenvalue weighted by molar-refractivity contribution is 0.0377. The Morgan fingerprint density at radius 2 is 2.12 bits per heavy atom. The lowest BCUT2D eigenvalue weighted by Gasteiger charge is -2.26. The first-order chi connectivity index (χ1) is 12.6. The maximum absolute atomic E-state index is 12.0. The second-order valence-corrected chi connectivity index (χ2v) is 8.77. The SMILES string of the molecule is CCNC(=NCCCN1CCOCC1)NCCNS(=O)(=O)c1cccs1. The predicted molar refractivity (Wildman–Crippen MR) is 105 cm³/mol. The predicted octanol–water partition coefficient (Wildman–Crippen LogP) is 0.304.